The van der Waals surface area contributed by atoms with E-state index in [1.165, 1.54) is 0 Å². The zero-order chi connectivity index (χ0) is 18.5. The highest BCUT2D eigenvalue weighted by molar-refractivity contribution is 9.10. The maximum atomic E-state index is 6.34. The van der Waals surface area contributed by atoms with E-state index in [-0.39, 0.29) is 0 Å². The van der Waals surface area contributed by atoms with Crippen LogP contribution in [-0.4, -0.2) is 6.21 Å². The first kappa shape index (κ1) is 19.0. The van der Waals surface area contributed by atoms with Gasteiger partial charge in [0.1, 0.15) is 12.4 Å². The molecule has 0 aliphatic carbocycles. The molecule has 5 heteroatoms. The lowest BCUT2D eigenvalue weighted by molar-refractivity contribution is 0.306. The van der Waals surface area contributed by atoms with Crippen LogP contribution < -0.4 is 4.74 Å². The quantitative estimate of drug-likeness (QED) is 0.372. The molecule has 0 fully saturated rings. The number of hydrogen-bond acceptors (Lipinski definition) is 2. The van der Waals surface area contributed by atoms with Crippen LogP contribution >= 0.6 is 39.1 Å². The molecule has 0 spiro atoms. The Morgan fingerprint density at radius 1 is 1.00 bits per heavy atom. The van der Waals surface area contributed by atoms with Gasteiger partial charge >= 0.3 is 0 Å². The Balaban J connectivity index is 1.70. The summed E-state index contributed by atoms with van der Waals surface area (Å²) in [6, 6.07) is 19.3. The molecule has 0 amide bonds. The Morgan fingerprint density at radius 3 is 2.50 bits per heavy atom. The molecule has 3 aromatic carbocycles. The van der Waals surface area contributed by atoms with Crippen molar-refractivity contribution in [3.05, 3.63) is 91.9 Å². The highest BCUT2D eigenvalue weighted by atomic mass is 79.9. The number of nitrogens with zero attached hydrogens (tertiary/aromatic N) is 1. The van der Waals surface area contributed by atoms with Crippen LogP contribution in [0.3, 0.4) is 0 Å². The van der Waals surface area contributed by atoms with Crippen molar-refractivity contribution < 1.29 is 4.74 Å². The summed E-state index contributed by atoms with van der Waals surface area (Å²) in [4.78, 5) is 4.50. The fraction of sp³-hybridized carbons (Fsp3) is 0.0952. The summed E-state index contributed by atoms with van der Waals surface area (Å²) < 4.78 is 6.85. The minimum Gasteiger partial charge on any atom is -0.487 e. The summed E-state index contributed by atoms with van der Waals surface area (Å²) in [5, 5.41) is 1.25. The lowest BCUT2D eigenvalue weighted by atomic mass is 10.2. The predicted octanol–water partition coefficient (Wildman–Crippen LogP) is 7.39. The number of rotatable bonds is 5. The molecule has 0 radical (unpaired) electrons. The lowest BCUT2D eigenvalue weighted by Gasteiger charge is -2.09. The molecule has 0 aliphatic rings. The van der Waals surface area contributed by atoms with Gasteiger partial charge < -0.3 is 4.74 Å². The second-order valence-electron chi connectivity index (χ2n) is 5.75. The first-order valence-corrected chi connectivity index (χ1v) is 9.54. The average molecular weight is 449 g/mol. The van der Waals surface area contributed by atoms with Gasteiger partial charge in [-0.15, -0.1) is 0 Å². The van der Waals surface area contributed by atoms with Crippen molar-refractivity contribution in [3.63, 3.8) is 0 Å². The van der Waals surface area contributed by atoms with Crippen LogP contribution in [-0.2, 0) is 6.61 Å². The average Bonchev–Trinajstić information content (AvgIpc) is 2.63. The Kier molecular flexibility index (Phi) is 6.36. The van der Waals surface area contributed by atoms with Crippen molar-refractivity contribution in [1.29, 1.82) is 0 Å². The fourth-order valence-corrected chi connectivity index (χ4v) is 3.01. The third-order valence-electron chi connectivity index (χ3n) is 3.86. The number of halogens is 3. The second-order valence-corrected chi connectivity index (χ2v) is 7.48. The summed E-state index contributed by atoms with van der Waals surface area (Å²) in [5.74, 6) is 0.644. The van der Waals surface area contributed by atoms with Gasteiger partial charge in [-0.25, -0.2) is 0 Å². The van der Waals surface area contributed by atoms with Gasteiger partial charge in [-0.2, -0.15) is 0 Å². The van der Waals surface area contributed by atoms with Crippen LogP contribution in [0.4, 0.5) is 5.69 Å². The molecule has 0 saturated carbocycles. The van der Waals surface area contributed by atoms with Crippen LogP contribution in [0, 0.1) is 6.92 Å². The van der Waals surface area contributed by atoms with Crippen molar-refractivity contribution in [2.75, 3.05) is 0 Å². The van der Waals surface area contributed by atoms with Gasteiger partial charge in [0.25, 0.3) is 0 Å². The minimum absolute atomic E-state index is 0.460. The minimum atomic E-state index is 0.460. The van der Waals surface area contributed by atoms with E-state index >= 15 is 0 Å². The topological polar surface area (TPSA) is 21.6 Å². The SMILES string of the molecule is Cc1c(Cl)cccc1N=Cc1ccc(OCc2ccc(Br)cc2)c(Cl)c1. The number of hydrogen-bond donors (Lipinski definition) is 0. The van der Waals surface area contributed by atoms with Gasteiger partial charge in [-0.3, -0.25) is 4.99 Å². The van der Waals surface area contributed by atoms with E-state index in [9.17, 15) is 0 Å². The van der Waals surface area contributed by atoms with Crippen molar-refractivity contribution in [3.8, 4) is 5.75 Å². The Labute approximate surface area is 171 Å². The van der Waals surface area contributed by atoms with Crippen LogP contribution in [0.1, 0.15) is 16.7 Å². The van der Waals surface area contributed by atoms with Gasteiger partial charge in [0.15, 0.2) is 0 Å². The van der Waals surface area contributed by atoms with Crippen LogP contribution in [0.25, 0.3) is 0 Å². The van der Waals surface area contributed by atoms with E-state index in [1.54, 1.807) is 6.21 Å². The first-order chi connectivity index (χ1) is 12.5. The fourth-order valence-electron chi connectivity index (χ4n) is 2.34. The monoisotopic (exact) mass is 447 g/mol. The molecule has 0 N–H and O–H groups in total. The molecular formula is C21H16BrCl2NO. The molecule has 0 unspecified atom stereocenters. The smallest absolute Gasteiger partial charge is 0.138 e. The van der Waals surface area contributed by atoms with Crippen LogP contribution in [0.5, 0.6) is 5.75 Å². The summed E-state index contributed by atoms with van der Waals surface area (Å²) in [7, 11) is 0. The van der Waals surface area contributed by atoms with Gasteiger partial charge in [0, 0.05) is 15.7 Å². The molecule has 132 valence electrons. The van der Waals surface area contributed by atoms with E-state index in [2.05, 4.69) is 20.9 Å². The molecule has 0 saturated heterocycles. The third-order valence-corrected chi connectivity index (χ3v) is 5.09. The van der Waals surface area contributed by atoms with Crippen molar-refractivity contribution >= 4 is 51.0 Å². The summed E-state index contributed by atoms with van der Waals surface area (Å²) in [6.45, 7) is 2.41. The molecule has 0 heterocycles. The third kappa shape index (κ3) is 4.88. The summed E-state index contributed by atoms with van der Waals surface area (Å²) in [6.07, 6.45) is 1.77. The molecule has 3 aromatic rings. The Morgan fingerprint density at radius 2 is 1.77 bits per heavy atom. The van der Waals surface area contributed by atoms with Crippen molar-refractivity contribution in [2.45, 2.75) is 13.5 Å². The maximum Gasteiger partial charge on any atom is 0.138 e. The lowest BCUT2D eigenvalue weighted by Crippen LogP contribution is -1.96. The molecule has 3 rings (SSSR count). The van der Waals surface area contributed by atoms with Crippen molar-refractivity contribution in [1.82, 2.24) is 0 Å². The standard InChI is InChI=1S/C21H16BrCl2NO/c1-14-18(23)3-2-4-20(14)25-12-16-7-10-21(19(24)11-16)26-13-15-5-8-17(22)9-6-15/h2-12H,13H2,1H3. The predicted molar refractivity (Wildman–Crippen MR) is 113 cm³/mol. The molecule has 0 bridgehead atoms. The van der Waals surface area contributed by atoms with E-state index in [0.717, 1.165) is 26.9 Å². The molecule has 26 heavy (non-hydrogen) atoms. The molecule has 0 aromatic heterocycles. The Bertz CT molecular complexity index is 939. The van der Waals surface area contributed by atoms with Crippen molar-refractivity contribution in [2.24, 2.45) is 4.99 Å². The van der Waals surface area contributed by atoms with Crippen LogP contribution in [0.2, 0.25) is 10.0 Å². The maximum absolute atomic E-state index is 6.34. The number of aliphatic imine (C=N–C) groups is 1. The highest BCUT2D eigenvalue weighted by Gasteiger charge is 2.04. The van der Waals surface area contributed by atoms with E-state index in [4.69, 9.17) is 27.9 Å². The van der Waals surface area contributed by atoms with Gasteiger partial charge in [0.2, 0.25) is 0 Å². The zero-order valence-electron chi connectivity index (χ0n) is 14.0. The van der Waals surface area contributed by atoms with Crippen LogP contribution in [0.15, 0.2) is 70.1 Å². The molecule has 0 atom stereocenters. The largest absolute Gasteiger partial charge is 0.487 e. The summed E-state index contributed by atoms with van der Waals surface area (Å²) >= 11 is 15.9. The molecular weight excluding hydrogens is 433 g/mol. The van der Waals surface area contributed by atoms with Gasteiger partial charge in [-0.05, 0) is 66.1 Å². The van der Waals surface area contributed by atoms with E-state index in [0.29, 0.717) is 22.4 Å². The molecule has 2 nitrogen and oxygen atoms in total. The molecule has 0 aliphatic heterocycles. The van der Waals surface area contributed by atoms with Gasteiger partial charge in [0.05, 0.1) is 10.7 Å². The number of benzene rings is 3. The Hall–Kier alpha value is -1.81. The van der Waals surface area contributed by atoms with Gasteiger partial charge in [-0.1, -0.05) is 57.3 Å². The second kappa shape index (κ2) is 8.72. The zero-order valence-corrected chi connectivity index (χ0v) is 17.1. The first-order valence-electron chi connectivity index (χ1n) is 7.99. The number of ether oxygens (including phenoxy) is 1. The normalized spacial score (nSPS) is 11.1. The van der Waals surface area contributed by atoms with E-state index < -0.39 is 0 Å². The summed E-state index contributed by atoms with van der Waals surface area (Å²) in [5.41, 5.74) is 3.76. The highest BCUT2D eigenvalue weighted by Crippen LogP contribution is 2.28. The van der Waals surface area contributed by atoms with E-state index in [1.807, 2.05) is 67.6 Å².